The third kappa shape index (κ3) is 4.63. The van der Waals surface area contributed by atoms with Crippen LogP contribution in [0.25, 0.3) is 11.0 Å². The van der Waals surface area contributed by atoms with Crippen LogP contribution in [0.3, 0.4) is 0 Å². The fourth-order valence-corrected chi connectivity index (χ4v) is 4.61. The van der Waals surface area contributed by atoms with E-state index < -0.39 is 16.0 Å². The Hall–Kier alpha value is -1.61. The Bertz CT molecular complexity index is 917. The predicted molar refractivity (Wildman–Crippen MR) is 105 cm³/mol. The van der Waals surface area contributed by atoms with Gasteiger partial charge in [0, 0.05) is 23.0 Å². The molecule has 0 aliphatic heterocycles. The average Bonchev–Trinajstić information content (AvgIpc) is 2.93. The van der Waals surface area contributed by atoms with Crippen LogP contribution in [0.5, 0.6) is 0 Å². The van der Waals surface area contributed by atoms with E-state index >= 15 is 0 Å². The fraction of sp³-hybridized carbons (Fsp3) is 0.500. The molecule has 3 N–H and O–H groups in total. The number of nitrogens with two attached hydrogens (primary N) is 1. The number of benzene rings is 1. The van der Waals surface area contributed by atoms with Gasteiger partial charge in [0.15, 0.2) is 0 Å². The third-order valence-corrected chi connectivity index (χ3v) is 6.29. The van der Waals surface area contributed by atoms with Crippen LogP contribution in [-0.4, -0.2) is 33.1 Å². The first-order valence-corrected chi connectivity index (χ1v) is 10.3. The number of carbonyl (C=O) groups excluding carboxylic acids is 1. The Balaban J connectivity index is 0.00000261. The van der Waals surface area contributed by atoms with Crippen molar-refractivity contribution in [2.45, 2.75) is 56.5 Å². The highest BCUT2D eigenvalue weighted by Gasteiger charge is 2.26. The second kappa shape index (κ2) is 8.60. The molecular formula is C18H25ClN2O5S. The summed E-state index contributed by atoms with van der Waals surface area (Å²) in [6.07, 6.45) is 3.10. The van der Waals surface area contributed by atoms with Crippen molar-refractivity contribution in [1.29, 1.82) is 0 Å². The maximum Gasteiger partial charge on any atom is 0.374 e. The first-order valence-electron chi connectivity index (χ1n) is 8.80. The van der Waals surface area contributed by atoms with Crippen LogP contribution in [0.1, 0.15) is 48.7 Å². The number of sulfonamides is 1. The quantitative estimate of drug-likeness (QED) is 0.725. The lowest BCUT2D eigenvalue weighted by Gasteiger charge is -2.26. The van der Waals surface area contributed by atoms with Gasteiger partial charge in [-0.1, -0.05) is 0 Å². The number of esters is 1. The molecule has 9 heteroatoms. The number of aryl methyl sites for hydroxylation is 1. The number of furan rings is 1. The lowest BCUT2D eigenvalue weighted by Crippen LogP contribution is -2.40. The standard InChI is InChI=1S/C18H24N2O5S.ClH/c1-3-24-18(21)17-11(2)15-10-14(8-9-16(15)25-17)26(22,23)20-13-6-4-12(19)5-7-13;/h8-10,12-13,20H,3-7,19H2,1-2H3;1H. The minimum atomic E-state index is -3.66. The molecule has 0 amide bonds. The molecule has 1 heterocycles. The van der Waals surface area contributed by atoms with Gasteiger partial charge < -0.3 is 14.9 Å². The van der Waals surface area contributed by atoms with Gasteiger partial charge >= 0.3 is 5.97 Å². The maximum absolute atomic E-state index is 12.7. The first-order chi connectivity index (χ1) is 12.3. The van der Waals surface area contributed by atoms with E-state index in [0.29, 0.717) is 16.5 Å². The lowest BCUT2D eigenvalue weighted by atomic mass is 9.93. The van der Waals surface area contributed by atoms with Crippen molar-refractivity contribution >= 4 is 39.4 Å². The molecule has 1 saturated carbocycles. The molecule has 0 unspecified atom stereocenters. The zero-order valence-corrected chi connectivity index (χ0v) is 17.0. The van der Waals surface area contributed by atoms with E-state index in [1.54, 1.807) is 19.9 Å². The minimum Gasteiger partial charge on any atom is -0.460 e. The van der Waals surface area contributed by atoms with Crippen molar-refractivity contribution in [3.8, 4) is 0 Å². The first kappa shape index (κ1) is 21.7. The molecule has 1 aromatic carbocycles. The largest absolute Gasteiger partial charge is 0.460 e. The number of nitrogens with one attached hydrogen (secondary N) is 1. The summed E-state index contributed by atoms with van der Waals surface area (Å²) in [4.78, 5) is 12.1. The van der Waals surface area contributed by atoms with E-state index in [4.69, 9.17) is 14.9 Å². The van der Waals surface area contributed by atoms with E-state index in [2.05, 4.69) is 4.72 Å². The number of ether oxygens (including phenoxy) is 1. The van der Waals surface area contributed by atoms with Crippen LogP contribution in [0.4, 0.5) is 0 Å². The monoisotopic (exact) mass is 416 g/mol. The Morgan fingerprint density at radius 1 is 1.30 bits per heavy atom. The zero-order valence-electron chi connectivity index (χ0n) is 15.4. The van der Waals surface area contributed by atoms with E-state index in [1.165, 1.54) is 12.1 Å². The minimum absolute atomic E-state index is 0. The van der Waals surface area contributed by atoms with Gasteiger partial charge in [-0.15, -0.1) is 12.4 Å². The second-order valence-corrected chi connectivity index (χ2v) is 8.38. The van der Waals surface area contributed by atoms with Crippen LogP contribution in [0.2, 0.25) is 0 Å². The molecule has 0 spiro atoms. The smallest absolute Gasteiger partial charge is 0.374 e. The highest BCUT2D eigenvalue weighted by molar-refractivity contribution is 7.89. The topological polar surface area (TPSA) is 112 Å². The Labute approximate surface area is 165 Å². The third-order valence-electron chi connectivity index (χ3n) is 4.77. The van der Waals surface area contributed by atoms with Gasteiger partial charge in [0.1, 0.15) is 5.58 Å². The van der Waals surface area contributed by atoms with Crippen molar-refractivity contribution < 1.29 is 22.4 Å². The van der Waals surface area contributed by atoms with Crippen molar-refractivity contribution in [1.82, 2.24) is 4.72 Å². The van der Waals surface area contributed by atoms with Gasteiger partial charge in [-0.25, -0.2) is 17.9 Å². The highest BCUT2D eigenvalue weighted by Crippen LogP contribution is 2.29. The van der Waals surface area contributed by atoms with Crippen molar-refractivity contribution in [2.75, 3.05) is 6.61 Å². The van der Waals surface area contributed by atoms with Crippen LogP contribution in [0, 0.1) is 6.92 Å². The zero-order chi connectivity index (χ0) is 18.9. The number of fused-ring (bicyclic) bond motifs is 1. The van der Waals surface area contributed by atoms with E-state index in [9.17, 15) is 13.2 Å². The molecule has 1 aliphatic rings. The van der Waals surface area contributed by atoms with Crippen LogP contribution in [-0.2, 0) is 14.8 Å². The molecule has 1 fully saturated rings. The van der Waals surface area contributed by atoms with Gasteiger partial charge in [0.05, 0.1) is 11.5 Å². The average molecular weight is 417 g/mol. The van der Waals surface area contributed by atoms with E-state index in [1.807, 2.05) is 0 Å². The molecule has 150 valence electrons. The van der Waals surface area contributed by atoms with Crippen molar-refractivity contribution in [3.63, 3.8) is 0 Å². The summed E-state index contributed by atoms with van der Waals surface area (Å²) in [7, 11) is -3.66. The number of hydrogen-bond donors (Lipinski definition) is 2. The van der Waals surface area contributed by atoms with Crippen LogP contribution >= 0.6 is 12.4 Å². The van der Waals surface area contributed by atoms with Crippen LogP contribution in [0.15, 0.2) is 27.5 Å². The molecule has 2 aromatic rings. The van der Waals surface area contributed by atoms with Crippen molar-refractivity contribution in [3.05, 3.63) is 29.5 Å². The number of halogens is 1. The molecular weight excluding hydrogens is 392 g/mol. The molecule has 0 atom stereocenters. The highest BCUT2D eigenvalue weighted by atomic mass is 35.5. The molecule has 27 heavy (non-hydrogen) atoms. The van der Waals surface area contributed by atoms with Gasteiger partial charge in [-0.2, -0.15) is 0 Å². The summed E-state index contributed by atoms with van der Waals surface area (Å²) in [6.45, 7) is 3.67. The van der Waals surface area contributed by atoms with Gasteiger partial charge in [-0.3, -0.25) is 0 Å². The summed E-state index contributed by atoms with van der Waals surface area (Å²) in [5.41, 5.74) is 6.89. The van der Waals surface area contributed by atoms with Crippen molar-refractivity contribution in [2.24, 2.45) is 5.73 Å². The molecule has 0 radical (unpaired) electrons. The lowest BCUT2D eigenvalue weighted by molar-refractivity contribution is 0.0491. The summed E-state index contributed by atoms with van der Waals surface area (Å²) >= 11 is 0. The van der Waals surface area contributed by atoms with Gasteiger partial charge in [0.2, 0.25) is 15.8 Å². The molecule has 0 bridgehead atoms. The van der Waals surface area contributed by atoms with E-state index in [-0.39, 0.29) is 41.8 Å². The Morgan fingerprint density at radius 2 is 1.96 bits per heavy atom. The van der Waals surface area contributed by atoms with Gasteiger partial charge in [0.25, 0.3) is 0 Å². The molecule has 3 rings (SSSR count). The van der Waals surface area contributed by atoms with E-state index in [0.717, 1.165) is 25.7 Å². The summed E-state index contributed by atoms with van der Waals surface area (Å²) in [6, 6.07) is 4.64. The van der Waals surface area contributed by atoms with Crippen LogP contribution < -0.4 is 10.5 Å². The molecule has 1 aromatic heterocycles. The van der Waals surface area contributed by atoms with Gasteiger partial charge in [-0.05, 0) is 57.7 Å². The molecule has 7 nitrogen and oxygen atoms in total. The second-order valence-electron chi connectivity index (χ2n) is 6.67. The number of hydrogen-bond acceptors (Lipinski definition) is 6. The predicted octanol–water partition coefficient (Wildman–Crippen LogP) is 2.89. The fourth-order valence-electron chi connectivity index (χ4n) is 3.28. The summed E-state index contributed by atoms with van der Waals surface area (Å²) in [5, 5.41) is 0.585. The Morgan fingerprint density at radius 3 is 2.59 bits per heavy atom. The number of rotatable bonds is 5. The molecule has 1 aliphatic carbocycles. The SMILES string of the molecule is CCOC(=O)c1oc2ccc(S(=O)(=O)NC3CCC(N)CC3)cc2c1C.Cl. The summed E-state index contributed by atoms with van der Waals surface area (Å²) < 4.78 is 38.7. The Kier molecular flexibility index (Phi) is 6.91. The summed E-state index contributed by atoms with van der Waals surface area (Å²) in [5.74, 6) is -0.451. The molecule has 0 saturated heterocycles. The normalized spacial score (nSPS) is 20.3. The number of carbonyl (C=O) groups is 1. The maximum atomic E-state index is 12.7.